The number of carbonyl (C=O) groups excluding carboxylic acids is 1. The van der Waals surface area contributed by atoms with Gasteiger partial charge in [-0.15, -0.1) is 0 Å². The highest BCUT2D eigenvalue weighted by molar-refractivity contribution is 7.89. The molecule has 0 amide bonds. The van der Waals surface area contributed by atoms with E-state index < -0.39 is 21.2 Å². The van der Waals surface area contributed by atoms with Crippen molar-refractivity contribution in [2.24, 2.45) is 0 Å². The summed E-state index contributed by atoms with van der Waals surface area (Å²) in [6, 6.07) is 0. The summed E-state index contributed by atoms with van der Waals surface area (Å²) in [5, 5.41) is -0.475. The Labute approximate surface area is 114 Å². The number of esters is 1. The molecule has 0 spiro atoms. The Kier molecular flexibility index (Phi) is 5.51. The van der Waals surface area contributed by atoms with Crippen LogP contribution in [0.3, 0.4) is 0 Å². The van der Waals surface area contributed by atoms with E-state index in [2.05, 4.69) is 6.58 Å². The molecule has 0 atom stereocenters. The number of ether oxygens (including phenoxy) is 1. The molecule has 0 aromatic rings. The van der Waals surface area contributed by atoms with Gasteiger partial charge in [0.25, 0.3) is 0 Å². The molecular weight excluding hydrogens is 270 g/mol. The van der Waals surface area contributed by atoms with Gasteiger partial charge in [0.2, 0.25) is 10.0 Å². The lowest BCUT2D eigenvalue weighted by molar-refractivity contribution is -0.145. The van der Waals surface area contributed by atoms with Gasteiger partial charge in [-0.2, -0.15) is 0 Å². The molecule has 0 unspecified atom stereocenters. The molecule has 0 radical (unpaired) electrons. The molecule has 1 aliphatic carbocycles. The normalized spacial score (nSPS) is 24.2. The van der Waals surface area contributed by atoms with E-state index in [1.807, 2.05) is 0 Å². The summed E-state index contributed by atoms with van der Waals surface area (Å²) in [6.45, 7) is 5.10. The molecule has 1 fully saturated rings. The minimum absolute atomic E-state index is 0.219. The first-order valence-electron chi connectivity index (χ1n) is 6.17. The van der Waals surface area contributed by atoms with Crippen molar-refractivity contribution in [3.05, 3.63) is 12.2 Å². The predicted octanol–water partition coefficient (Wildman–Crippen LogP) is 1.24. The van der Waals surface area contributed by atoms with Crippen molar-refractivity contribution in [2.45, 2.75) is 44.0 Å². The Hall–Kier alpha value is -0.920. The van der Waals surface area contributed by atoms with Gasteiger partial charge in [-0.25, -0.2) is 13.2 Å². The molecule has 0 aromatic heterocycles. The number of nitrogens with zero attached hydrogens (tertiary/aromatic N) is 1. The molecule has 0 aromatic carbocycles. The average molecular weight is 291 g/mol. The van der Waals surface area contributed by atoms with Gasteiger partial charge in [0, 0.05) is 12.6 Å². The molecular formula is C12H21NO5S. The molecule has 0 aliphatic heterocycles. The standard InChI is InChI=1S/C12H21NO5S/c1-9(2)12(14)18-10-5-7-11(8-6-10)19(15,16)13(3)17-4/h10-11H,1,5-8H2,2-4H3. The van der Waals surface area contributed by atoms with Gasteiger partial charge in [0.1, 0.15) is 6.10 Å². The van der Waals surface area contributed by atoms with Crippen molar-refractivity contribution in [3.8, 4) is 0 Å². The summed E-state index contributed by atoms with van der Waals surface area (Å²) in [5.74, 6) is -0.416. The highest BCUT2D eigenvalue weighted by Crippen LogP contribution is 2.28. The third kappa shape index (κ3) is 4.02. The van der Waals surface area contributed by atoms with Crippen molar-refractivity contribution in [1.29, 1.82) is 0 Å². The zero-order valence-electron chi connectivity index (χ0n) is 11.6. The fourth-order valence-corrected chi connectivity index (χ4v) is 3.51. The molecule has 0 heterocycles. The molecule has 19 heavy (non-hydrogen) atoms. The Morgan fingerprint density at radius 2 is 1.79 bits per heavy atom. The SMILES string of the molecule is C=C(C)C(=O)OC1CCC(S(=O)(=O)N(C)OC)CC1. The Balaban J connectivity index is 2.54. The van der Waals surface area contributed by atoms with Crippen LogP contribution in [0.1, 0.15) is 32.6 Å². The van der Waals surface area contributed by atoms with Crippen LogP contribution in [0.5, 0.6) is 0 Å². The van der Waals surface area contributed by atoms with E-state index in [-0.39, 0.29) is 6.10 Å². The molecule has 110 valence electrons. The fourth-order valence-electron chi connectivity index (χ4n) is 2.01. The number of hydroxylamine groups is 1. The largest absolute Gasteiger partial charge is 0.459 e. The van der Waals surface area contributed by atoms with Crippen LogP contribution in [0.4, 0.5) is 0 Å². The van der Waals surface area contributed by atoms with Gasteiger partial charge in [-0.1, -0.05) is 11.0 Å². The molecule has 0 N–H and O–H groups in total. The Bertz CT molecular complexity index is 437. The van der Waals surface area contributed by atoms with Crippen molar-refractivity contribution in [1.82, 2.24) is 4.47 Å². The monoisotopic (exact) mass is 291 g/mol. The maximum atomic E-state index is 12.0. The second kappa shape index (κ2) is 6.49. The van der Waals surface area contributed by atoms with Crippen molar-refractivity contribution in [2.75, 3.05) is 14.2 Å². The van der Waals surface area contributed by atoms with Crippen molar-refractivity contribution in [3.63, 3.8) is 0 Å². The summed E-state index contributed by atoms with van der Waals surface area (Å²) in [7, 11) is -0.732. The quantitative estimate of drug-likeness (QED) is 0.433. The van der Waals surface area contributed by atoms with E-state index in [9.17, 15) is 13.2 Å². The fraction of sp³-hybridized carbons (Fsp3) is 0.750. The number of hydrogen-bond acceptors (Lipinski definition) is 5. The lowest BCUT2D eigenvalue weighted by Crippen LogP contribution is -2.39. The summed E-state index contributed by atoms with van der Waals surface area (Å²) >= 11 is 0. The summed E-state index contributed by atoms with van der Waals surface area (Å²) in [4.78, 5) is 16.1. The van der Waals surface area contributed by atoms with Gasteiger partial charge >= 0.3 is 5.97 Å². The lowest BCUT2D eigenvalue weighted by atomic mass is 9.97. The van der Waals surface area contributed by atoms with Crippen molar-refractivity contribution >= 4 is 16.0 Å². The maximum absolute atomic E-state index is 12.0. The summed E-state index contributed by atoms with van der Waals surface area (Å²) in [5.41, 5.74) is 0.355. The van der Waals surface area contributed by atoms with Crippen LogP contribution in [0.2, 0.25) is 0 Å². The topological polar surface area (TPSA) is 72.9 Å². The molecule has 6 nitrogen and oxygen atoms in total. The van der Waals surface area contributed by atoms with E-state index in [0.29, 0.717) is 31.3 Å². The van der Waals surface area contributed by atoms with E-state index in [1.165, 1.54) is 14.2 Å². The number of hydrogen-bond donors (Lipinski definition) is 0. The minimum atomic E-state index is -3.43. The van der Waals surface area contributed by atoms with Gasteiger partial charge in [-0.05, 0) is 32.6 Å². The molecule has 1 rings (SSSR count). The molecule has 0 saturated heterocycles. The number of sulfonamides is 1. The van der Waals surface area contributed by atoms with Crippen LogP contribution in [0.15, 0.2) is 12.2 Å². The predicted molar refractivity (Wildman–Crippen MR) is 70.6 cm³/mol. The maximum Gasteiger partial charge on any atom is 0.333 e. The highest BCUT2D eigenvalue weighted by Gasteiger charge is 2.35. The van der Waals surface area contributed by atoms with Crippen LogP contribution >= 0.6 is 0 Å². The van der Waals surface area contributed by atoms with Crippen LogP contribution in [0.25, 0.3) is 0 Å². The lowest BCUT2D eigenvalue weighted by Gasteiger charge is -2.29. The number of carbonyl (C=O) groups is 1. The number of rotatable bonds is 5. The van der Waals surface area contributed by atoms with Gasteiger partial charge in [0.15, 0.2) is 0 Å². The van der Waals surface area contributed by atoms with Crippen LogP contribution in [0, 0.1) is 0 Å². The highest BCUT2D eigenvalue weighted by atomic mass is 32.2. The zero-order chi connectivity index (χ0) is 14.6. The molecule has 1 saturated carbocycles. The van der Waals surface area contributed by atoms with Crippen LogP contribution < -0.4 is 0 Å². The van der Waals surface area contributed by atoms with Crippen molar-refractivity contribution < 1.29 is 22.8 Å². The van der Waals surface area contributed by atoms with E-state index in [0.717, 1.165) is 4.47 Å². The van der Waals surface area contributed by atoms with Crippen LogP contribution in [-0.4, -0.2) is 44.4 Å². The zero-order valence-corrected chi connectivity index (χ0v) is 12.4. The second-order valence-electron chi connectivity index (χ2n) is 4.72. The molecule has 0 bridgehead atoms. The minimum Gasteiger partial charge on any atom is -0.459 e. The van der Waals surface area contributed by atoms with E-state index in [1.54, 1.807) is 6.92 Å². The van der Waals surface area contributed by atoms with Gasteiger partial charge in [0.05, 0.1) is 12.4 Å². The first kappa shape index (κ1) is 16.1. The average Bonchev–Trinajstić information content (AvgIpc) is 2.38. The van der Waals surface area contributed by atoms with E-state index in [4.69, 9.17) is 9.57 Å². The summed E-state index contributed by atoms with van der Waals surface area (Å²) in [6.07, 6.45) is 1.79. The van der Waals surface area contributed by atoms with Gasteiger partial charge in [-0.3, -0.25) is 4.84 Å². The molecule has 1 aliphatic rings. The second-order valence-corrected chi connectivity index (χ2v) is 6.93. The Morgan fingerprint density at radius 1 is 1.26 bits per heavy atom. The third-order valence-corrected chi connectivity index (χ3v) is 5.46. The van der Waals surface area contributed by atoms with E-state index >= 15 is 0 Å². The Morgan fingerprint density at radius 3 is 2.21 bits per heavy atom. The third-order valence-electron chi connectivity index (χ3n) is 3.28. The smallest absolute Gasteiger partial charge is 0.333 e. The first-order chi connectivity index (χ1) is 8.78. The van der Waals surface area contributed by atoms with Crippen LogP contribution in [-0.2, 0) is 24.4 Å². The molecule has 7 heteroatoms. The van der Waals surface area contributed by atoms with Gasteiger partial charge < -0.3 is 4.74 Å². The summed E-state index contributed by atoms with van der Waals surface area (Å²) < 4.78 is 30.2. The first-order valence-corrected chi connectivity index (χ1v) is 7.67.